The van der Waals surface area contributed by atoms with Crippen LogP contribution in [0.2, 0.25) is 0 Å². The van der Waals surface area contributed by atoms with Gasteiger partial charge in [-0.1, -0.05) is 20.8 Å². The van der Waals surface area contributed by atoms with Gasteiger partial charge in [-0.15, -0.1) is 12.4 Å². The molecule has 1 aliphatic rings. The van der Waals surface area contributed by atoms with Crippen LogP contribution in [0.25, 0.3) is 0 Å². The van der Waals surface area contributed by atoms with E-state index in [0.717, 1.165) is 6.54 Å². The molecule has 1 rings (SSSR count). The maximum absolute atomic E-state index is 12.3. The van der Waals surface area contributed by atoms with Crippen molar-refractivity contribution in [2.45, 2.75) is 46.5 Å². The van der Waals surface area contributed by atoms with Crippen LogP contribution < -0.4 is 5.32 Å². The van der Waals surface area contributed by atoms with E-state index in [-0.39, 0.29) is 36.6 Å². The summed E-state index contributed by atoms with van der Waals surface area (Å²) in [5, 5.41) is 12.5. The van der Waals surface area contributed by atoms with Crippen molar-refractivity contribution in [2.75, 3.05) is 13.1 Å². The number of carbonyl (C=O) groups is 1. The molecule has 0 bridgehead atoms. The van der Waals surface area contributed by atoms with Crippen LogP contribution in [0.5, 0.6) is 0 Å². The smallest absolute Gasteiger partial charge is 0.310 e. The Morgan fingerprint density at radius 1 is 1.47 bits per heavy atom. The second-order valence-electron chi connectivity index (χ2n) is 6.41. The first-order valence-electron chi connectivity index (χ1n) is 6.40. The quantitative estimate of drug-likeness (QED) is 0.838. The van der Waals surface area contributed by atoms with Crippen LogP contribution in [0.1, 0.15) is 40.0 Å². The van der Waals surface area contributed by atoms with E-state index in [4.69, 9.17) is 0 Å². The summed E-state index contributed by atoms with van der Waals surface area (Å²) in [6, 6.07) is 0. The van der Waals surface area contributed by atoms with E-state index < -0.39 is 17.8 Å². The molecule has 2 atom stereocenters. The lowest BCUT2D eigenvalue weighted by Gasteiger charge is -2.43. The summed E-state index contributed by atoms with van der Waals surface area (Å²) >= 11 is 0. The molecule has 2 N–H and O–H groups in total. The van der Waals surface area contributed by atoms with Gasteiger partial charge in [0, 0.05) is 13.0 Å². The van der Waals surface area contributed by atoms with E-state index in [1.165, 1.54) is 0 Å². The average molecular weight is 300 g/mol. The predicted octanol–water partition coefficient (Wildman–Crippen LogP) is 3.18. The molecule has 1 fully saturated rings. The van der Waals surface area contributed by atoms with Gasteiger partial charge in [0.2, 0.25) is 6.43 Å². The van der Waals surface area contributed by atoms with Gasteiger partial charge in [0.1, 0.15) is 0 Å². The summed E-state index contributed by atoms with van der Waals surface area (Å²) in [7, 11) is 0. The Morgan fingerprint density at radius 3 is 2.47 bits per heavy atom. The molecule has 1 heterocycles. The third-order valence-electron chi connectivity index (χ3n) is 4.01. The number of piperidine rings is 1. The van der Waals surface area contributed by atoms with Gasteiger partial charge in [-0.05, 0) is 30.7 Å². The van der Waals surface area contributed by atoms with Gasteiger partial charge in [-0.25, -0.2) is 8.78 Å². The van der Waals surface area contributed by atoms with Gasteiger partial charge in [0.15, 0.2) is 0 Å². The number of rotatable bonds is 4. The Bertz CT molecular complexity index is 308. The molecular formula is C13H24ClF2NO2. The van der Waals surface area contributed by atoms with Gasteiger partial charge in [0.05, 0.1) is 5.41 Å². The van der Waals surface area contributed by atoms with Gasteiger partial charge in [0.25, 0.3) is 0 Å². The van der Waals surface area contributed by atoms with Crippen molar-refractivity contribution < 1.29 is 18.7 Å². The number of hydrogen-bond donors (Lipinski definition) is 2. The standard InChI is InChI=1S/C13H23F2NO2.ClH/c1-12(2,3)9-6-13(11(17)18,8-16-7-9)5-4-10(14)15;/h9-10,16H,4-8H2,1-3H3,(H,17,18);1H/t9-,13-;/m1./s1. The number of nitrogens with one attached hydrogen (secondary N) is 1. The zero-order valence-electron chi connectivity index (χ0n) is 11.7. The molecule has 0 amide bonds. The minimum atomic E-state index is -2.43. The zero-order valence-corrected chi connectivity index (χ0v) is 12.5. The van der Waals surface area contributed by atoms with Gasteiger partial charge < -0.3 is 10.4 Å². The molecule has 3 nitrogen and oxygen atoms in total. The lowest BCUT2D eigenvalue weighted by Crippen LogP contribution is -2.52. The number of aliphatic carboxylic acids is 1. The maximum Gasteiger partial charge on any atom is 0.310 e. The van der Waals surface area contributed by atoms with Gasteiger partial charge in [-0.2, -0.15) is 0 Å². The highest BCUT2D eigenvalue weighted by atomic mass is 35.5. The maximum atomic E-state index is 12.3. The molecule has 19 heavy (non-hydrogen) atoms. The van der Waals surface area contributed by atoms with Crippen LogP contribution >= 0.6 is 12.4 Å². The SMILES string of the molecule is CC(C)(C)[C@H]1CNC[C@](CCC(F)F)(C(=O)O)C1.Cl. The van der Waals surface area contributed by atoms with Crippen molar-refractivity contribution >= 4 is 18.4 Å². The average Bonchev–Trinajstić information content (AvgIpc) is 2.25. The first-order valence-corrected chi connectivity index (χ1v) is 6.40. The summed E-state index contributed by atoms with van der Waals surface area (Å²) in [6.45, 7) is 7.23. The van der Waals surface area contributed by atoms with E-state index >= 15 is 0 Å². The highest BCUT2D eigenvalue weighted by Gasteiger charge is 2.45. The Hall–Kier alpha value is -0.420. The molecule has 0 saturated carbocycles. The molecule has 0 unspecified atom stereocenters. The molecule has 6 heteroatoms. The number of alkyl halides is 2. The van der Waals surface area contributed by atoms with E-state index in [1.54, 1.807) is 0 Å². The molecule has 114 valence electrons. The Balaban J connectivity index is 0.00000324. The van der Waals surface area contributed by atoms with E-state index in [1.807, 2.05) is 0 Å². The fraction of sp³-hybridized carbons (Fsp3) is 0.923. The van der Waals surface area contributed by atoms with Crippen LogP contribution in [0.4, 0.5) is 8.78 Å². The number of halogens is 3. The van der Waals surface area contributed by atoms with E-state index in [9.17, 15) is 18.7 Å². The molecule has 0 radical (unpaired) electrons. The largest absolute Gasteiger partial charge is 0.481 e. The van der Waals surface area contributed by atoms with Crippen LogP contribution in [0, 0.1) is 16.7 Å². The third kappa shape index (κ3) is 4.88. The lowest BCUT2D eigenvalue weighted by molar-refractivity contribution is -0.153. The van der Waals surface area contributed by atoms with Crippen molar-refractivity contribution in [3.05, 3.63) is 0 Å². The molecule has 1 saturated heterocycles. The fourth-order valence-electron chi connectivity index (χ4n) is 2.56. The normalized spacial score (nSPS) is 28.0. The van der Waals surface area contributed by atoms with Gasteiger partial charge in [-0.3, -0.25) is 4.79 Å². The monoisotopic (exact) mass is 299 g/mol. The molecule has 1 aliphatic heterocycles. The molecular weight excluding hydrogens is 276 g/mol. The predicted molar refractivity (Wildman–Crippen MR) is 73.0 cm³/mol. The minimum absolute atomic E-state index is 0. The summed E-state index contributed by atoms with van der Waals surface area (Å²) in [4.78, 5) is 11.5. The third-order valence-corrected chi connectivity index (χ3v) is 4.01. The van der Waals surface area contributed by atoms with Crippen LogP contribution in [-0.4, -0.2) is 30.6 Å². The summed E-state index contributed by atoms with van der Waals surface area (Å²) in [6.07, 6.45) is -2.26. The van der Waals surface area contributed by atoms with Gasteiger partial charge >= 0.3 is 5.97 Å². The molecule has 0 aromatic carbocycles. The highest BCUT2D eigenvalue weighted by Crippen LogP contribution is 2.41. The molecule has 0 spiro atoms. The van der Waals surface area contributed by atoms with Crippen molar-refractivity contribution in [2.24, 2.45) is 16.7 Å². The fourth-order valence-corrected chi connectivity index (χ4v) is 2.56. The summed E-state index contributed by atoms with van der Waals surface area (Å²) < 4.78 is 24.7. The molecule has 0 aliphatic carbocycles. The second kappa shape index (κ2) is 6.84. The summed E-state index contributed by atoms with van der Waals surface area (Å²) in [5.41, 5.74) is -1.05. The van der Waals surface area contributed by atoms with Crippen molar-refractivity contribution in [1.82, 2.24) is 5.32 Å². The number of hydrogen-bond acceptors (Lipinski definition) is 2. The zero-order chi connectivity index (χ0) is 14.0. The van der Waals surface area contributed by atoms with Crippen molar-refractivity contribution in [3.63, 3.8) is 0 Å². The van der Waals surface area contributed by atoms with E-state index in [2.05, 4.69) is 26.1 Å². The van der Waals surface area contributed by atoms with E-state index in [0.29, 0.717) is 13.0 Å². The summed E-state index contributed by atoms with van der Waals surface area (Å²) in [5.74, 6) is -0.760. The first kappa shape index (κ1) is 18.6. The Morgan fingerprint density at radius 2 is 2.05 bits per heavy atom. The molecule has 0 aromatic heterocycles. The van der Waals surface area contributed by atoms with Crippen molar-refractivity contribution in [1.29, 1.82) is 0 Å². The van der Waals surface area contributed by atoms with Crippen LogP contribution in [-0.2, 0) is 4.79 Å². The Kier molecular flexibility index (Phi) is 6.69. The highest BCUT2D eigenvalue weighted by molar-refractivity contribution is 5.85. The topological polar surface area (TPSA) is 49.3 Å². The first-order chi connectivity index (χ1) is 8.17. The number of carboxylic acids is 1. The van der Waals surface area contributed by atoms with Crippen molar-refractivity contribution in [3.8, 4) is 0 Å². The lowest BCUT2D eigenvalue weighted by atomic mass is 9.66. The van der Waals surface area contributed by atoms with Crippen LogP contribution in [0.3, 0.4) is 0 Å². The minimum Gasteiger partial charge on any atom is -0.481 e. The Labute approximate surface area is 119 Å². The molecule has 0 aromatic rings. The van der Waals surface area contributed by atoms with Crippen LogP contribution in [0.15, 0.2) is 0 Å². The number of carboxylic acid groups (broad SMARTS) is 1. The second-order valence-corrected chi connectivity index (χ2v) is 6.41.